The summed E-state index contributed by atoms with van der Waals surface area (Å²) < 4.78 is 5.19. The van der Waals surface area contributed by atoms with Crippen LogP contribution in [-0.4, -0.2) is 75.2 Å². The molecule has 120 valence electrons. The van der Waals surface area contributed by atoms with Crippen LogP contribution in [0.2, 0.25) is 0 Å². The molecule has 0 saturated heterocycles. The standard InChI is InChI=1S/C15H33N3O2/c1-8-20-14(19)15(4,16-5)12-18(11-13(2)3)10-9-17(6)7/h13,16H,8-12H2,1-7H3. The minimum Gasteiger partial charge on any atom is -0.465 e. The summed E-state index contributed by atoms with van der Waals surface area (Å²) in [6.07, 6.45) is 0. The Hall–Kier alpha value is -0.650. The Balaban J connectivity index is 4.75. The first-order valence-corrected chi connectivity index (χ1v) is 7.48. The molecule has 0 saturated carbocycles. The number of ether oxygens (including phenoxy) is 1. The van der Waals surface area contributed by atoms with Crippen molar-refractivity contribution in [3.8, 4) is 0 Å². The number of hydrogen-bond acceptors (Lipinski definition) is 5. The number of carbonyl (C=O) groups is 1. The largest absolute Gasteiger partial charge is 0.465 e. The fraction of sp³-hybridized carbons (Fsp3) is 0.933. The van der Waals surface area contributed by atoms with Gasteiger partial charge in [-0.15, -0.1) is 0 Å². The number of esters is 1. The Morgan fingerprint density at radius 2 is 1.90 bits per heavy atom. The van der Waals surface area contributed by atoms with Crippen LogP contribution in [0.4, 0.5) is 0 Å². The summed E-state index contributed by atoms with van der Waals surface area (Å²) in [4.78, 5) is 16.6. The molecule has 0 amide bonds. The van der Waals surface area contributed by atoms with Crippen molar-refractivity contribution in [2.45, 2.75) is 33.2 Å². The molecular formula is C15H33N3O2. The van der Waals surface area contributed by atoms with E-state index in [9.17, 15) is 4.79 Å². The minimum atomic E-state index is -0.656. The van der Waals surface area contributed by atoms with Gasteiger partial charge in [0.15, 0.2) is 0 Å². The zero-order valence-corrected chi connectivity index (χ0v) is 14.3. The van der Waals surface area contributed by atoms with E-state index >= 15 is 0 Å². The van der Waals surface area contributed by atoms with Crippen molar-refractivity contribution in [3.05, 3.63) is 0 Å². The third kappa shape index (κ3) is 7.22. The highest BCUT2D eigenvalue weighted by molar-refractivity contribution is 5.80. The Bertz CT molecular complexity index is 282. The van der Waals surface area contributed by atoms with Crippen LogP contribution in [0.5, 0.6) is 0 Å². The number of nitrogens with one attached hydrogen (secondary N) is 1. The van der Waals surface area contributed by atoms with E-state index < -0.39 is 5.54 Å². The quantitative estimate of drug-likeness (QED) is 0.609. The van der Waals surface area contributed by atoms with Crippen LogP contribution in [-0.2, 0) is 9.53 Å². The molecule has 0 aliphatic heterocycles. The van der Waals surface area contributed by atoms with Gasteiger partial charge in [-0.25, -0.2) is 0 Å². The monoisotopic (exact) mass is 287 g/mol. The third-order valence-electron chi connectivity index (χ3n) is 3.30. The van der Waals surface area contributed by atoms with Gasteiger partial charge in [0.25, 0.3) is 0 Å². The lowest BCUT2D eigenvalue weighted by molar-refractivity contribution is -0.151. The number of carbonyl (C=O) groups excluding carboxylic acids is 1. The first-order chi connectivity index (χ1) is 9.25. The molecule has 0 heterocycles. The van der Waals surface area contributed by atoms with Crippen molar-refractivity contribution in [2.75, 3.05) is 53.9 Å². The molecule has 0 aromatic heterocycles. The second-order valence-corrected chi connectivity index (χ2v) is 6.23. The van der Waals surface area contributed by atoms with Gasteiger partial charge in [-0.3, -0.25) is 9.69 Å². The van der Waals surface area contributed by atoms with E-state index in [1.54, 1.807) is 0 Å². The second kappa shape index (κ2) is 9.32. The van der Waals surface area contributed by atoms with E-state index in [0.29, 0.717) is 19.1 Å². The van der Waals surface area contributed by atoms with E-state index in [4.69, 9.17) is 4.74 Å². The molecule has 5 nitrogen and oxygen atoms in total. The average Bonchev–Trinajstić information content (AvgIpc) is 2.35. The van der Waals surface area contributed by atoms with Crippen molar-refractivity contribution in [3.63, 3.8) is 0 Å². The summed E-state index contributed by atoms with van der Waals surface area (Å²) in [6, 6.07) is 0. The topological polar surface area (TPSA) is 44.8 Å². The van der Waals surface area contributed by atoms with Crippen molar-refractivity contribution < 1.29 is 9.53 Å². The van der Waals surface area contributed by atoms with Crippen LogP contribution in [0, 0.1) is 5.92 Å². The summed E-state index contributed by atoms with van der Waals surface area (Å²) >= 11 is 0. The van der Waals surface area contributed by atoms with Crippen LogP contribution >= 0.6 is 0 Å². The molecule has 1 atom stereocenters. The molecule has 5 heteroatoms. The molecular weight excluding hydrogens is 254 g/mol. The van der Waals surface area contributed by atoms with Crippen molar-refractivity contribution in [1.82, 2.24) is 15.1 Å². The second-order valence-electron chi connectivity index (χ2n) is 6.23. The Morgan fingerprint density at radius 1 is 1.30 bits per heavy atom. The highest BCUT2D eigenvalue weighted by atomic mass is 16.5. The highest BCUT2D eigenvalue weighted by Gasteiger charge is 2.35. The summed E-state index contributed by atoms with van der Waals surface area (Å²) in [5.41, 5.74) is -0.656. The van der Waals surface area contributed by atoms with Gasteiger partial charge in [0.2, 0.25) is 0 Å². The Labute approximate surface area is 124 Å². The molecule has 0 radical (unpaired) electrons. The molecule has 0 aliphatic carbocycles. The molecule has 0 spiro atoms. The predicted octanol–water partition coefficient (Wildman–Crippen LogP) is 1.05. The van der Waals surface area contributed by atoms with E-state index in [1.165, 1.54) is 0 Å². The minimum absolute atomic E-state index is 0.180. The van der Waals surface area contributed by atoms with Gasteiger partial charge in [0.05, 0.1) is 6.61 Å². The molecule has 1 N–H and O–H groups in total. The van der Waals surface area contributed by atoms with Gasteiger partial charge in [-0.1, -0.05) is 13.8 Å². The first-order valence-electron chi connectivity index (χ1n) is 7.48. The Kier molecular flexibility index (Phi) is 9.01. The summed E-state index contributed by atoms with van der Waals surface area (Å²) in [5.74, 6) is 0.390. The molecule has 0 fully saturated rings. The van der Waals surface area contributed by atoms with Gasteiger partial charge in [-0.2, -0.15) is 0 Å². The molecule has 0 aromatic rings. The van der Waals surface area contributed by atoms with Gasteiger partial charge in [-0.05, 0) is 40.9 Å². The zero-order valence-electron chi connectivity index (χ0n) is 14.3. The van der Waals surface area contributed by atoms with Gasteiger partial charge in [0.1, 0.15) is 5.54 Å². The van der Waals surface area contributed by atoms with Crippen LogP contribution in [0.1, 0.15) is 27.7 Å². The maximum absolute atomic E-state index is 12.1. The zero-order chi connectivity index (χ0) is 15.8. The van der Waals surface area contributed by atoms with Gasteiger partial charge in [0, 0.05) is 26.2 Å². The summed E-state index contributed by atoms with van der Waals surface area (Å²) in [6.45, 7) is 12.1. The molecule has 1 unspecified atom stereocenters. The van der Waals surface area contributed by atoms with E-state index in [2.05, 4.69) is 43.1 Å². The smallest absolute Gasteiger partial charge is 0.327 e. The lowest BCUT2D eigenvalue weighted by Crippen LogP contribution is -2.57. The molecule has 20 heavy (non-hydrogen) atoms. The van der Waals surface area contributed by atoms with Gasteiger partial charge >= 0.3 is 5.97 Å². The van der Waals surface area contributed by atoms with E-state index in [-0.39, 0.29) is 5.97 Å². The number of nitrogens with zero attached hydrogens (tertiary/aromatic N) is 2. The van der Waals surface area contributed by atoms with Gasteiger partial charge < -0.3 is 15.0 Å². The number of likely N-dealkylation sites (N-methyl/N-ethyl adjacent to an activating group) is 2. The molecule has 0 aromatic carbocycles. The van der Waals surface area contributed by atoms with Crippen molar-refractivity contribution in [1.29, 1.82) is 0 Å². The maximum Gasteiger partial charge on any atom is 0.327 e. The lowest BCUT2D eigenvalue weighted by Gasteiger charge is -2.34. The Morgan fingerprint density at radius 3 is 2.30 bits per heavy atom. The fourth-order valence-corrected chi connectivity index (χ4v) is 2.08. The fourth-order valence-electron chi connectivity index (χ4n) is 2.08. The summed E-state index contributed by atoms with van der Waals surface area (Å²) in [7, 11) is 5.95. The van der Waals surface area contributed by atoms with Crippen LogP contribution in [0.3, 0.4) is 0 Å². The highest BCUT2D eigenvalue weighted by Crippen LogP contribution is 2.11. The van der Waals surface area contributed by atoms with Crippen LogP contribution in [0.15, 0.2) is 0 Å². The lowest BCUT2D eigenvalue weighted by atomic mass is 10.0. The number of hydrogen-bond donors (Lipinski definition) is 1. The third-order valence-corrected chi connectivity index (χ3v) is 3.30. The van der Waals surface area contributed by atoms with Crippen LogP contribution in [0.25, 0.3) is 0 Å². The van der Waals surface area contributed by atoms with Crippen molar-refractivity contribution >= 4 is 5.97 Å². The summed E-state index contributed by atoms with van der Waals surface area (Å²) in [5, 5.41) is 3.12. The normalized spacial score (nSPS) is 14.9. The van der Waals surface area contributed by atoms with Crippen LogP contribution < -0.4 is 5.32 Å². The number of rotatable bonds is 10. The predicted molar refractivity (Wildman–Crippen MR) is 83.9 cm³/mol. The average molecular weight is 287 g/mol. The molecule has 0 bridgehead atoms. The molecule has 0 rings (SSSR count). The van der Waals surface area contributed by atoms with E-state index in [1.807, 2.05) is 20.9 Å². The maximum atomic E-state index is 12.1. The first kappa shape index (κ1) is 19.4. The van der Waals surface area contributed by atoms with E-state index in [0.717, 1.165) is 19.6 Å². The molecule has 0 aliphatic rings. The SMILES string of the molecule is CCOC(=O)C(C)(CN(CCN(C)C)CC(C)C)NC. The van der Waals surface area contributed by atoms with Crippen molar-refractivity contribution in [2.24, 2.45) is 5.92 Å².